The fourth-order valence-electron chi connectivity index (χ4n) is 0.210. The van der Waals surface area contributed by atoms with Gasteiger partial charge >= 0.3 is 0 Å². The van der Waals surface area contributed by atoms with Crippen LogP contribution in [0.1, 0.15) is 6.92 Å². The topological polar surface area (TPSA) is 21.3 Å². The zero-order valence-corrected chi connectivity index (χ0v) is 6.18. The van der Waals surface area contributed by atoms with Crippen LogP contribution in [0.3, 0.4) is 0 Å². The van der Waals surface area contributed by atoms with E-state index in [0.717, 1.165) is 0 Å². The van der Waals surface area contributed by atoms with E-state index in [9.17, 15) is 0 Å². The first kappa shape index (κ1) is 8.14. The van der Waals surface area contributed by atoms with E-state index in [1.54, 1.807) is 0 Å². The molecule has 0 fully saturated rings. The van der Waals surface area contributed by atoms with Crippen LogP contribution in [0.2, 0.25) is 0 Å². The molecule has 0 saturated heterocycles. The fraction of sp³-hybridized carbons (Fsp3) is 0.750. The lowest BCUT2D eigenvalue weighted by Crippen LogP contribution is -2.19. The van der Waals surface area contributed by atoms with Crippen molar-refractivity contribution in [2.24, 2.45) is 0 Å². The molecule has 0 aliphatic heterocycles. The van der Waals surface area contributed by atoms with Gasteiger partial charge in [0, 0.05) is 6.61 Å². The molecule has 4 heteroatoms. The molecular formula is C4H8ClNOS. The quantitative estimate of drug-likeness (QED) is 0.216. The molecule has 0 heterocycles. The number of ether oxygens (including phenoxy) is 1. The van der Waals surface area contributed by atoms with E-state index in [4.69, 9.17) is 16.3 Å². The van der Waals surface area contributed by atoms with E-state index < -0.39 is 0 Å². The molecular weight excluding hydrogens is 146 g/mol. The summed E-state index contributed by atoms with van der Waals surface area (Å²) in [6.45, 7) is 2.98. The molecule has 0 aromatic heterocycles. The molecule has 2 nitrogen and oxygen atoms in total. The summed E-state index contributed by atoms with van der Waals surface area (Å²) in [5, 5.41) is 2.62. The lowest BCUT2D eigenvalue weighted by Gasteiger charge is -1.99. The number of halogens is 1. The van der Waals surface area contributed by atoms with E-state index in [1.807, 2.05) is 6.92 Å². The SMILES string of the molecule is CCOCNC(=S)Cl. The molecule has 0 radical (unpaired) electrons. The van der Waals surface area contributed by atoms with E-state index in [-0.39, 0.29) is 4.45 Å². The van der Waals surface area contributed by atoms with Crippen molar-refractivity contribution in [3.05, 3.63) is 0 Å². The van der Waals surface area contributed by atoms with Crippen molar-refractivity contribution in [2.45, 2.75) is 6.92 Å². The predicted octanol–water partition coefficient (Wildman–Crippen LogP) is 1.09. The molecule has 48 valence electrons. The van der Waals surface area contributed by atoms with Crippen LogP contribution in [0.5, 0.6) is 0 Å². The van der Waals surface area contributed by atoms with Crippen LogP contribution < -0.4 is 5.32 Å². The summed E-state index contributed by atoms with van der Waals surface area (Å²) in [6, 6.07) is 0. The summed E-state index contributed by atoms with van der Waals surface area (Å²) in [5.74, 6) is 0. The maximum atomic E-state index is 5.25. The third-order valence-electron chi connectivity index (χ3n) is 0.517. The lowest BCUT2D eigenvalue weighted by atomic mass is 10.9. The van der Waals surface area contributed by atoms with Crippen LogP contribution >= 0.6 is 23.8 Å². The Balaban J connectivity index is 2.82. The Hall–Kier alpha value is 0.140. The number of thiocarbonyl (C=S) groups is 1. The van der Waals surface area contributed by atoms with E-state index >= 15 is 0 Å². The molecule has 0 rings (SSSR count). The van der Waals surface area contributed by atoms with Gasteiger partial charge in [-0.3, -0.25) is 0 Å². The molecule has 0 atom stereocenters. The standard InChI is InChI=1S/C4H8ClNOS/c1-2-7-3-6-4(5)8/h2-3H2,1H3,(H,6,8). The van der Waals surface area contributed by atoms with Crippen molar-refractivity contribution in [1.82, 2.24) is 5.32 Å². The van der Waals surface area contributed by atoms with Gasteiger partial charge in [0.2, 0.25) is 0 Å². The van der Waals surface area contributed by atoms with Gasteiger partial charge in [0.25, 0.3) is 0 Å². The van der Waals surface area contributed by atoms with E-state index in [2.05, 4.69) is 17.5 Å². The van der Waals surface area contributed by atoms with Gasteiger partial charge in [0.15, 0.2) is 4.45 Å². The van der Waals surface area contributed by atoms with Gasteiger partial charge in [-0.1, -0.05) is 11.6 Å². The van der Waals surface area contributed by atoms with Crippen LogP contribution in [0.15, 0.2) is 0 Å². The van der Waals surface area contributed by atoms with Crippen LogP contribution in [0, 0.1) is 0 Å². The summed E-state index contributed by atoms with van der Waals surface area (Å²) >= 11 is 9.74. The second-order valence-corrected chi connectivity index (χ2v) is 2.10. The average Bonchev–Trinajstić information content (AvgIpc) is 1.66. The van der Waals surface area contributed by atoms with Crippen molar-refractivity contribution in [3.8, 4) is 0 Å². The van der Waals surface area contributed by atoms with E-state index in [1.165, 1.54) is 0 Å². The molecule has 1 N–H and O–H groups in total. The van der Waals surface area contributed by atoms with Gasteiger partial charge < -0.3 is 10.1 Å². The molecule has 0 aliphatic rings. The van der Waals surface area contributed by atoms with Gasteiger partial charge in [0.1, 0.15) is 6.73 Å². The molecule has 0 spiro atoms. The normalized spacial score (nSPS) is 8.75. The fourth-order valence-corrected chi connectivity index (χ4v) is 0.323. The van der Waals surface area contributed by atoms with Crippen LogP contribution in [0.4, 0.5) is 0 Å². The first-order valence-corrected chi connectivity index (χ1v) is 3.07. The highest BCUT2D eigenvalue weighted by Crippen LogP contribution is 1.77. The van der Waals surface area contributed by atoms with Gasteiger partial charge in [-0.15, -0.1) is 0 Å². The van der Waals surface area contributed by atoms with Crippen molar-refractivity contribution in [2.75, 3.05) is 13.3 Å². The Bertz CT molecular complexity index is 78.4. The molecule has 0 aliphatic carbocycles. The van der Waals surface area contributed by atoms with Gasteiger partial charge in [-0.25, -0.2) is 0 Å². The summed E-state index contributed by atoms with van der Waals surface area (Å²) in [6.07, 6.45) is 0. The minimum Gasteiger partial charge on any atom is -0.362 e. The van der Waals surface area contributed by atoms with Gasteiger partial charge in [0.05, 0.1) is 0 Å². The Kier molecular flexibility index (Phi) is 5.37. The largest absolute Gasteiger partial charge is 0.362 e. The minimum atomic E-state index is 0.249. The zero-order valence-electron chi connectivity index (χ0n) is 4.61. The Morgan fingerprint density at radius 1 is 1.88 bits per heavy atom. The summed E-state index contributed by atoms with van der Waals surface area (Å²) in [5.41, 5.74) is 0. The second-order valence-electron chi connectivity index (χ2n) is 1.09. The summed E-state index contributed by atoms with van der Waals surface area (Å²) < 4.78 is 5.11. The molecule has 0 unspecified atom stereocenters. The zero-order chi connectivity index (χ0) is 6.41. The maximum absolute atomic E-state index is 5.25. The van der Waals surface area contributed by atoms with Crippen molar-refractivity contribution in [1.29, 1.82) is 0 Å². The molecule has 0 saturated carbocycles. The average molecular weight is 154 g/mol. The Morgan fingerprint density at radius 2 is 2.50 bits per heavy atom. The van der Waals surface area contributed by atoms with Crippen molar-refractivity contribution < 1.29 is 4.74 Å². The molecule has 8 heavy (non-hydrogen) atoms. The van der Waals surface area contributed by atoms with Crippen molar-refractivity contribution in [3.63, 3.8) is 0 Å². The monoisotopic (exact) mass is 153 g/mol. The highest BCUT2D eigenvalue weighted by atomic mass is 35.5. The molecule has 0 bridgehead atoms. The molecule has 0 amide bonds. The van der Waals surface area contributed by atoms with Gasteiger partial charge in [-0.2, -0.15) is 0 Å². The highest BCUT2D eigenvalue weighted by molar-refractivity contribution is 7.83. The highest BCUT2D eigenvalue weighted by Gasteiger charge is 1.83. The molecule has 0 aromatic rings. The van der Waals surface area contributed by atoms with Gasteiger partial charge in [-0.05, 0) is 19.1 Å². The first-order valence-electron chi connectivity index (χ1n) is 2.28. The first-order chi connectivity index (χ1) is 3.77. The smallest absolute Gasteiger partial charge is 0.169 e. The minimum absolute atomic E-state index is 0.249. The third kappa shape index (κ3) is 6.14. The van der Waals surface area contributed by atoms with E-state index in [0.29, 0.717) is 13.3 Å². The molecule has 0 aromatic carbocycles. The van der Waals surface area contributed by atoms with Crippen LogP contribution in [0.25, 0.3) is 0 Å². The van der Waals surface area contributed by atoms with Crippen LogP contribution in [-0.4, -0.2) is 17.8 Å². The number of hydrogen-bond acceptors (Lipinski definition) is 2. The predicted molar refractivity (Wildman–Crippen MR) is 38.1 cm³/mol. The Morgan fingerprint density at radius 3 is 2.88 bits per heavy atom. The maximum Gasteiger partial charge on any atom is 0.169 e. The Labute approximate surface area is 59.2 Å². The number of hydrogen-bond donors (Lipinski definition) is 1. The van der Waals surface area contributed by atoms with Crippen LogP contribution in [-0.2, 0) is 4.74 Å². The number of nitrogens with one attached hydrogen (secondary N) is 1. The van der Waals surface area contributed by atoms with Crippen molar-refractivity contribution >= 4 is 28.3 Å². The second kappa shape index (κ2) is 5.28. The lowest BCUT2D eigenvalue weighted by molar-refractivity contribution is 0.143. The third-order valence-corrected chi connectivity index (χ3v) is 0.795. The summed E-state index contributed by atoms with van der Waals surface area (Å²) in [7, 11) is 0. The number of rotatable bonds is 3. The summed E-state index contributed by atoms with van der Waals surface area (Å²) in [4.78, 5) is 0.